The van der Waals surface area contributed by atoms with Gasteiger partial charge in [-0.2, -0.15) is 13.2 Å². The van der Waals surface area contributed by atoms with E-state index >= 15 is 0 Å². The molecule has 2 nitrogen and oxygen atoms in total. The molecule has 2 fully saturated rings. The zero-order valence-corrected chi connectivity index (χ0v) is 14.1. The van der Waals surface area contributed by atoms with Gasteiger partial charge in [0.05, 0.1) is 5.56 Å². The van der Waals surface area contributed by atoms with Crippen molar-refractivity contribution < 1.29 is 13.2 Å². The predicted octanol–water partition coefficient (Wildman–Crippen LogP) is 3.99. The van der Waals surface area contributed by atoms with Gasteiger partial charge in [-0.15, -0.1) is 12.4 Å². The van der Waals surface area contributed by atoms with Crippen molar-refractivity contribution in [2.24, 2.45) is 17.6 Å². The van der Waals surface area contributed by atoms with Crippen molar-refractivity contribution in [3.8, 4) is 0 Å². The normalized spacial score (nSPS) is 28.3. The van der Waals surface area contributed by atoms with E-state index in [1.165, 1.54) is 25.0 Å². The van der Waals surface area contributed by atoms with Crippen LogP contribution in [0.25, 0.3) is 0 Å². The summed E-state index contributed by atoms with van der Waals surface area (Å²) in [5, 5.41) is 0. The molecule has 1 heterocycles. The number of hydrogen-bond donors (Lipinski definition) is 1. The van der Waals surface area contributed by atoms with Gasteiger partial charge in [0.25, 0.3) is 0 Å². The monoisotopic (exact) mass is 348 g/mol. The molecule has 6 heteroatoms. The number of likely N-dealkylation sites (tertiary alicyclic amines) is 1. The molecule has 3 atom stereocenters. The first-order chi connectivity index (χ1) is 10.3. The third-order valence-electron chi connectivity index (χ3n) is 5.29. The van der Waals surface area contributed by atoms with Crippen LogP contribution in [0.4, 0.5) is 13.2 Å². The van der Waals surface area contributed by atoms with Crippen LogP contribution in [0, 0.1) is 18.8 Å². The van der Waals surface area contributed by atoms with Gasteiger partial charge >= 0.3 is 6.18 Å². The van der Waals surface area contributed by atoms with E-state index in [1.54, 1.807) is 13.0 Å². The van der Waals surface area contributed by atoms with E-state index in [0.29, 0.717) is 17.4 Å². The Morgan fingerprint density at radius 1 is 1.22 bits per heavy atom. The third-order valence-corrected chi connectivity index (χ3v) is 5.29. The Hall–Kier alpha value is -0.780. The Labute approximate surface area is 141 Å². The van der Waals surface area contributed by atoms with Crippen molar-refractivity contribution in [1.82, 2.24) is 4.90 Å². The second-order valence-corrected chi connectivity index (χ2v) is 6.85. The zero-order chi connectivity index (χ0) is 15.9. The molecule has 1 aromatic rings. The lowest BCUT2D eigenvalue weighted by atomic mass is 9.78. The molecule has 1 saturated carbocycles. The second-order valence-electron chi connectivity index (χ2n) is 6.85. The second kappa shape index (κ2) is 6.99. The maximum atomic E-state index is 12.7. The summed E-state index contributed by atoms with van der Waals surface area (Å²) in [7, 11) is 0. The average molecular weight is 349 g/mol. The van der Waals surface area contributed by atoms with E-state index in [9.17, 15) is 13.2 Å². The minimum Gasteiger partial charge on any atom is -0.327 e. The van der Waals surface area contributed by atoms with Crippen molar-refractivity contribution >= 4 is 12.4 Å². The molecule has 2 aliphatic rings. The molecule has 0 spiro atoms. The number of nitrogens with two attached hydrogens (primary N) is 1. The third kappa shape index (κ3) is 4.01. The Balaban J connectivity index is 0.00000192. The van der Waals surface area contributed by atoms with E-state index in [4.69, 9.17) is 5.73 Å². The van der Waals surface area contributed by atoms with E-state index in [-0.39, 0.29) is 18.4 Å². The summed E-state index contributed by atoms with van der Waals surface area (Å²) in [5.74, 6) is 1.22. The summed E-state index contributed by atoms with van der Waals surface area (Å²) >= 11 is 0. The summed E-state index contributed by atoms with van der Waals surface area (Å²) in [6.07, 6.45) is -0.719. The highest BCUT2D eigenvalue weighted by atomic mass is 35.5. The fraction of sp³-hybridized carbons (Fsp3) is 0.647. The van der Waals surface area contributed by atoms with E-state index in [1.807, 2.05) is 0 Å². The molecule has 2 N–H and O–H groups in total. The first-order valence-corrected chi connectivity index (χ1v) is 7.99. The number of benzene rings is 1. The highest BCUT2D eigenvalue weighted by molar-refractivity contribution is 5.85. The Kier molecular flexibility index (Phi) is 5.64. The number of nitrogens with zero attached hydrogens (tertiary/aromatic N) is 1. The van der Waals surface area contributed by atoms with Crippen LogP contribution in [0.5, 0.6) is 0 Å². The van der Waals surface area contributed by atoms with Crippen LogP contribution in [0.2, 0.25) is 0 Å². The quantitative estimate of drug-likeness (QED) is 0.875. The van der Waals surface area contributed by atoms with Gasteiger partial charge in [0.15, 0.2) is 0 Å². The summed E-state index contributed by atoms with van der Waals surface area (Å²) in [6, 6.07) is 4.36. The largest absolute Gasteiger partial charge is 0.416 e. The topological polar surface area (TPSA) is 29.3 Å². The van der Waals surface area contributed by atoms with Crippen LogP contribution in [-0.4, -0.2) is 24.0 Å². The predicted molar refractivity (Wildman–Crippen MR) is 87.5 cm³/mol. The molecule has 1 aromatic carbocycles. The first-order valence-electron chi connectivity index (χ1n) is 7.99. The van der Waals surface area contributed by atoms with Crippen LogP contribution in [-0.2, 0) is 12.7 Å². The lowest BCUT2D eigenvalue weighted by Crippen LogP contribution is -2.38. The van der Waals surface area contributed by atoms with Crippen molar-refractivity contribution in [1.29, 1.82) is 0 Å². The number of aryl methyl sites for hydroxylation is 1. The number of halogens is 4. The van der Waals surface area contributed by atoms with Gasteiger partial charge in [0.1, 0.15) is 0 Å². The Bertz CT molecular complexity index is 547. The van der Waals surface area contributed by atoms with Crippen molar-refractivity contribution in [2.45, 2.75) is 44.9 Å². The van der Waals surface area contributed by atoms with Crippen LogP contribution >= 0.6 is 12.4 Å². The molecule has 0 radical (unpaired) electrons. The highest BCUT2D eigenvalue weighted by Crippen LogP contribution is 2.36. The van der Waals surface area contributed by atoms with Gasteiger partial charge in [-0.1, -0.05) is 12.5 Å². The molecule has 0 amide bonds. The minimum atomic E-state index is -4.27. The van der Waals surface area contributed by atoms with E-state index in [0.717, 1.165) is 31.6 Å². The lowest BCUT2D eigenvalue weighted by Gasteiger charge is -2.29. The number of fused-ring (bicyclic) bond motifs is 1. The van der Waals surface area contributed by atoms with Crippen LogP contribution in [0.1, 0.15) is 36.0 Å². The van der Waals surface area contributed by atoms with E-state index < -0.39 is 11.7 Å². The lowest BCUT2D eigenvalue weighted by molar-refractivity contribution is -0.137. The molecular weight excluding hydrogens is 325 g/mol. The molecule has 1 saturated heterocycles. The SMILES string of the molecule is Cc1cc(C(F)(F)F)ccc1CN1CC2CCCC(N)C2C1.Cl. The highest BCUT2D eigenvalue weighted by Gasteiger charge is 2.38. The van der Waals surface area contributed by atoms with Crippen LogP contribution in [0.15, 0.2) is 18.2 Å². The zero-order valence-electron chi connectivity index (χ0n) is 13.3. The summed E-state index contributed by atoms with van der Waals surface area (Å²) in [5.41, 5.74) is 7.36. The van der Waals surface area contributed by atoms with Gasteiger partial charge in [-0.25, -0.2) is 0 Å². The van der Waals surface area contributed by atoms with Crippen molar-refractivity contribution in [2.75, 3.05) is 13.1 Å². The van der Waals surface area contributed by atoms with Gasteiger partial charge < -0.3 is 5.73 Å². The molecule has 3 rings (SSSR count). The maximum absolute atomic E-state index is 12.7. The fourth-order valence-electron chi connectivity index (χ4n) is 4.03. The number of hydrogen-bond acceptors (Lipinski definition) is 2. The minimum absolute atomic E-state index is 0. The van der Waals surface area contributed by atoms with E-state index in [2.05, 4.69) is 4.90 Å². The Morgan fingerprint density at radius 2 is 1.96 bits per heavy atom. The molecular formula is C17H24ClF3N2. The van der Waals surface area contributed by atoms with Crippen LogP contribution in [0.3, 0.4) is 0 Å². The average Bonchev–Trinajstić information content (AvgIpc) is 2.84. The molecule has 3 unspecified atom stereocenters. The fourth-order valence-corrected chi connectivity index (χ4v) is 4.03. The molecule has 0 aromatic heterocycles. The summed E-state index contributed by atoms with van der Waals surface area (Å²) in [4.78, 5) is 2.36. The van der Waals surface area contributed by atoms with Gasteiger partial charge in [0, 0.05) is 25.7 Å². The molecule has 23 heavy (non-hydrogen) atoms. The maximum Gasteiger partial charge on any atom is 0.416 e. The molecule has 1 aliphatic heterocycles. The van der Waals surface area contributed by atoms with Crippen molar-refractivity contribution in [3.05, 3.63) is 34.9 Å². The molecule has 130 valence electrons. The van der Waals surface area contributed by atoms with Crippen molar-refractivity contribution in [3.63, 3.8) is 0 Å². The summed E-state index contributed by atoms with van der Waals surface area (Å²) < 4.78 is 38.2. The van der Waals surface area contributed by atoms with Gasteiger partial charge in [-0.05, 0) is 54.9 Å². The standard InChI is InChI=1S/C17H23F3N2.ClH/c1-11-7-14(17(18,19)20)6-5-12(11)8-22-9-13-3-2-4-16(21)15(13)10-22;/h5-7,13,15-16H,2-4,8-10,21H2,1H3;1H. The summed E-state index contributed by atoms with van der Waals surface area (Å²) in [6.45, 7) is 4.49. The van der Waals surface area contributed by atoms with Gasteiger partial charge in [0.2, 0.25) is 0 Å². The first kappa shape index (κ1) is 18.6. The Morgan fingerprint density at radius 3 is 2.57 bits per heavy atom. The molecule has 1 aliphatic carbocycles. The van der Waals surface area contributed by atoms with Gasteiger partial charge in [-0.3, -0.25) is 4.90 Å². The number of alkyl halides is 3. The number of rotatable bonds is 2. The molecule has 0 bridgehead atoms. The smallest absolute Gasteiger partial charge is 0.327 e. The van der Waals surface area contributed by atoms with Crippen LogP contribution < -0.4 is 5.73 Å².